The summed E-state index contributed by atoms with van der Waals surface area (Å²) in [4.78, 5) is 12.6. The van der Waals surface area contributed by atoms with Crippen molar-refractivity contribution in [2.24, 2.45) is 0 Å². The largest absolute Gasteiger partial charge is 0.368 e. The molecule has 16 heavy (non-hydrogen) atoms. The SMILES string of the molecule is CSCc1nc(N)nc(-c2ccccc2)n1. The molecule has 1 aromatic carbocycles. The van der Waals surface area contributed by atoms with Gasteiger partial charge in [0.25, 0.3) is 0 Å². The van der Waals surface area contributed by atoms with E-state index in [0.717, 1.165) is 17.1 Å². The molecule has 4 nitrogen and oxygen atoms in total. The lowest BCUT2D eigenvalue weighted by Gasteiger charge is -2.03. The average Bonchev–Trinajstić information content (AvgIpc) is 2.30. The van der Waals surface area contributed by atoms with Gasteiger partial charge < -0.3 is 5.73 Å². The number of thioether (sulfide) groups is 1. The van der Waals surface area contributed by atoms with E-state index in [2.05, 4.69) is 15.0 Å². The van der Waals surface area contributed by atoms with Crippen LogP contribution in [0.4, 0.5) is 5.95 Å². The van der Waals surface area contributed by atoms with Crippen molar-refractivity contribution in [3.8, 4) is 11.4 Å². The average molecular weight is 232 g/mol. The van der Waals surface area contributed by atoms with Crippen molar-refractivity contribution in [3.63, 3.8) is 0 Å². The Morgan fingerprint density at radius 2 is 1.88 bits per heavy atom. The minimum atomic E-state index is 0.276. The third kappa shape index (κ3) is 2.49. The highest BCUT2D eigenvalue weighted by atomic mass is 32.2. The molecule has 0 aliphatic carbocycles. The Kier molecular flexibility index (Phi) is 3.36. The predicted octanol–water partition coefficient (Wildman–Crippen LogP) is 1.98. The Bertz CT molecular complexity index is 473. The van der Waals surface area contributed by atoms with E-state index in [4.69, 9.17) is 5.73 Å². The molecular weight excluding hydrogens is 220 g/mol. The zero-order valence-corrected chi connectivity index (χ0v) is 9.74. The van der Waals surface area contributed by atoms with Crippen LogP contribution in [0, 0.1) is 0 Å². The maximum Gasteiger partial charge on any atom is 0.223 e. The first-order chi connectivity index (χ1) is 7.79. The fourth-order valence-corrected chi connectivity index (χ4v) is 1.74. The molecule has 0 aliphatic heterocycles. The lowest BCUT2D eigenvalue weighted by Crippen LogP contribution is -2.03. The van der Waals surface area contributed by atoms with Crippen LogP contribution in [0.2, 0.25) is 0 Å². The minimum absolute atomic E-state index is 0.276. The first-order valence-electron chi connectivity index (χ1n) is 4.84. The molecule has 2 aromatic rings. The normalized spacial score (nSPS) is 10.3. The Morgan fingerprint density at radius 3 is 2.56 bits per heavy atom. The fourth-order valence-electron chi connectivity index (χ4n) is 1.35. The number of anilines is 1. The van der Waals surface area contributed by atoms with E-state index < -0.39 is 0 Å². The molecule has 0 aliphatic rings. The van der Waals surface area contributed by atoms with Gasteiger partial charge in [-0.25, -0.2) is 4.98 Å². The van der Waals surface area contributed by atoms with Crippen LogP contribution in [-0.4, -0.2) is 21.2 Å². The summed E-state index contributed by atoms with van der Waals surface area (Å²) in [5, 5.41) is 0. The van der Waals surface area contributed by atoms with Crippen LogP contribution in [0.5, 0.6) is 0 Å². The highest BCUT2D eigenvalue weighted by molar-refractivity contribution is 7.97. The number of nitrogen functional groups attached to an aromatic ring is 1. The molecule has 0 saturated carbocycles. The van der Waals surface area contributed by atoms with Crippen LogP contribution >= 0.6 is 11.8 Å². The van der Waals surface area contributed by atoms with Crippen molar-refractivity contribution in [2.75, 3.05) is 12.0 Å². The van der Waals surface area contributed by atoms with Crippen molar-refractivity contribution in [2.45, 2.75) is 5.75 Å². The van der Waals surface area contributed by atoms with E-state index >= 15 is 0 Å². The molecule has 2 rings (SSSR count). The molecule has 0 saturated heterocycles. The molecule has 82 valence electrons. The van der Waals surface area contributed by atoms with Crippen LogP contribution in [0.15, 0.2) is 30.3 Å². The van der Waals surface area contributed by atoms with E-state index in [9.17, 15) is 0 Å². The number of rotatable bonds is 3. The van der Waals surface area contributed by atoms with Crippen LogP contribution < -0.4 is 5.73 Å². The second kappa shape index (κ2) is 4.94. The monoisotopic (exact) mass is 232 g/mol. The topological polar surface area (TPSA) is 64.7 Å². The van der Waals surface area contributed by atoms with Crippen molar-refractivity contribution in [1.82, 2.24) is 15.0 Å². The van der Waals surface area contributed by atoms with Crippen LogP contribution in [0.1, 0.15) is 5.82 Å². The molecule has 5 heteroatoms. The summed E-state index contributed by atoms with van der Waals surface area (Å²) in [5.41, 5.74) is 6.61. The molecule has 0 fully saturated rings. The summed E-state index contributed by atoms with van der Waals surface area (Å²) >= 11 is 1.66. The Balaban J connectivity index is 2.41. The standard InChI is InChI=1S/C11H12N4S/c1-16-7-9-13-10(15-11(12)14-9)8-5-3-2-4-6-8/h2-6H,7H2,1H3,(H2,12,13,14,15). The van der Waals surface area contributed by atoms with Crippen LogP contribution in [0.25, 0.3) is 11.4 Å². The fraction of sp³-hybridized carbons (Fsp3) is 0.182. The number of hydrogen-bond donors (Lipinski definition) is 1. The smallest absolute Gasteiger partial charge is 0.223 e. The number of aromatic nitrogens is 3. The Labute approximate surface area is 98.3 Å². The summed E-state index contributed by atoms with van der Waals surface area (Å²) in [6, 6.07) is 9.76. The lowest BCUT2D eigenvalue weighted by molar-refractivity contribution is 0.984. The van der Waals surface area contributed by atoms with Crippen LogP contribution in [-0.2, 0) is 5.75 Å². The van der Waals surface area contributed by atoms with Gasteiger partial charge in [0, 0.05) is 5.56 Å². The van der Waals surface area contributed by atoms with Gasteiger partial charge in [0.1, 0.15) is 5.82 Å². The first-order valence-corrected chi connectivity index (χ1v) is 6.24. The summed E-state index contributed by atoms with van der Waals surface area (Å²) in [6.07, 6.45) is 2.00. The van der Waals surface area contributed by atoms with E-state index in [1.807, 2.05) is 36.6 Å². The second-order valence-electron chi connectivity index (χ2n) is 3.23. The molecule has 2 N–H and O–H groups in total. The van der Waals surface area contributed by atoms with Gasteiger partial charge in [0.2, 0.25) is 5.95 Å². The van der Waals surface area contributed by atoms with Crippen LogP contribution in [0.3, 0.4) is 0 Å². The van der Waals surface area contributed by atoms with Gasteiger partial charge in [-0.1, -0.05) is 30.3 Å². The number of benzene rings is 1. The summed E-state index contributed by atoms with van der Waals surface area (Å²) < 4.78 is 0. The summed E-state index contributed by atoms with van der Waals surface area (Å²) in [7, 11) is 0. The van der Waals surface area contributed by atoms with E-state index in [1.165, 1.54) is 0 Å². The van der Waals surface area contributed by atoms with Gasteiger partial charge >= 0.3 is 0 Å². The van der Waals surface area contributed by atoms with Gasteiger partial charge in [-0.2, -0.15) is 21.7 Å². The van der Waals surface area contributed by atoms with Gasteiger partial charge in [-0.15, -0.1) is 0 Å². The van der Waals surface area contributed by atoms with Crippen molar-refractivity contribution >= 4 is 17.7 Å². The molecule has 0 unspecified atom stereocenters. The van der Waals surface area contributed by atoms with Gasteiger partial charge in [-0.3, -0.25) is 0 Å². The molecule has 0 atom stereocenters. The van der Waals surface area contributed by atoms with Gasteiger partial charge in [0.05, 0.1) is 5.75 Å². The number of nitrogens with zero attached hydrogens (tertiary/aromatic N) is 3. The van der Waals surface area contributed by atoms with Gasteiger partial charge in [-0.05, 0) is 6.26 Å². The van der Waals surface area contributed by atoms with E-state index in [0.29, 0.717) is 5.82 Å². The highest BCUT2D eigenvalue weighted by Crippen LogP contribution is 2.15. The van der Waals surface area contributed by atoms with E-state index in [1.54, 1.807) is 11.8 Å². The first kappa shape index (κ1) is 10.9. The molecular formula is C11H12N4S. The molecule has 0 bridgehead atoms. The zero-order chi connectivity index (χ0) is 11.4. The molecule has 0 radical (unpaired) electrons. The van der Waals surface area contributed by atoms with Crippen molar-refractivity contribution in [3.05, 3.63) is 36.2 Å². The van der Waals surface area contributed by atoms with Crippen molar-refractivity contribution in [1.29, 1.82) is 0 Å². The molecule has 1 heterocycles. The second-order valence-corrected chi connectivity index (χ2v) is 4.10. The quantitative estimate of drug-likeness (QED) is 0.876. The Morgan fingerprint density at radius 1 is 1.12 bits per heavy atom. The molecule has 0 spiro atoms. The molecule has 0 amide bonds. The lowest BCUT2D eigenvalue weighted by atomic mass is 10.2. The molecule has 1 aromatic heterocycles. The maximum atomic E-state index is 5.66. The number of hydrogen-bond acceptors (Lipinski definition) is 5. The minimum Gasteiger partial charge on any atom is -0.368 e. The number of nitrogens with two attached hydrogens (primary N) is 1. The summed E-state index contributed by atoms with van der Waals surface area (Å²) in [5.74, 6) is 2.38. The summed E-state index contributed by atoms with van der Waals surface area (Å²) in [6.45, 7) is 0. The van der Waals surface area contributed by atoms with Crippen molar-refractivity contribution < 1.29 is 0 Å². The van der Waals surface area contributed by atoms with Gasteiger partial charge in [0.15, 0.2) is 5.82 Å². The predicted molar refractivity (Wildman–Crippen MR) is 66.9 cm³/mol. The maximum absolute atomic E-state index is 5.66. The van der Waals surface area contributed by atoms with E-state index in [-0.39, 0.29) is 5.95 Å². The Hall–Kier alpha value is -1.62. The third-order valence-electron chi connectivity index (χ3n) is 2.00. The zero-order valence-electron chi connectivity index (χ0n) is 8.92. The third-order valence-corrected chi connectivity index (χ3v) is 2.55. The highest BCUT2D eigenvalue weighted by Gasteiger charge is 2.05.